The molecule has 0 bridgehead atoms. The number of sulfonamides is 2. The van der Waals surface area contributed by atoms with Gasteiger partial charge in [0.15, 0.2) is 0 Å². The Morgan fingerprint density at radius 1 is 0.939 bits per heavy atom. The highest BCUT2D eigenvalue weighted by Crippen LogP contribution is 2.24. The van der Waals surface area contributed by atoms with E-state index in [-0.39, 0.29) is 11.4 Å². The van der Waals surface area contributed by atoms with Gasteiger partial charge in [0.1, 0.15) is 6.54 Å². The van der Waals surface area contributed by atoms with E-state index in [2.05, 4.69) is 5.32 Å². The molecular weight excluding hydrogens is 462 g/mol. The fraction of sp³-hybridized carbons (Fsp3) is 0.435. The maximum atomic E-state index is 12.9. The number of anilines is 2. The molecule has 0 saturated carbocycles. The van der Waals surface area contributed by atoms with E-state index in [0.717, 1.165) is 41.8 Å². The zero-order chi connectivity index (χ0) is 24.1. The SMILES string of the molecule is CCc1ccccc1N(CC(=O)Nc1ccc(S(=O)(=O)N2CCCCCC2)cc1)S(C)(=O)=O. The predicted molar refractivity (Wildman–Crippen MR) is 130 cm³/mol. The highest BCUT2D eigenvalue weighted by molar-refractivity contribution is 7.92. The van der Waals surface area contributed by atoms with Crippen LogP contribution in [0.1, 0.15) is 38.2 Å². The summed E-state index contributed by atoms with van der Waals surface area (Å²) in [6.07, 6.45) is 5.46. The van der Waals surface area contributed by atoms with Crippen LogP contribution >= 0.6 is 0 Å². The second kappa shape index (κ2) is 10.7. The van der Waals surface area contributed by atoms with E-state index < -0.39 is 26.0 Å². The largest absolute Gasteiger partial charge is 0.325 e. The molecule has 1 saturated heterocycles. The number of rotatable bonds is 8. The average Bonchev–Trinajstić information content (AvgIpc) is 3.07. The van der Waals surface area contributed by atoms with Gasteiger partial charge in [0.25, 0.3) is 0 Å². The first-order valence-electron chi connectivity index (χ1n) is 11.1. The van der Waals surface area contributed by atoms with Crippen LogP contribution < -0.4 is 9.62 Å². The van der Waals surface area contributed by atoms with Crippen molar-refractivity contribution in [2.24, 2.45) is 0 Å². The summed E-state index contributed by atoms with van der Waals surface area (Å²) < 4.78 is 53.2. The van der Waals surface area contributed by atoms with Gasteiger partial charge in [-0.05, 0) is 55.2 Å². The van der Waals surface area contributed by atoms with Crippen LogP contribution in [0.3, 0.4) is 0 Å². The zero-order valence-corrected chi connectivity index (χ0v) is 20.7. The lowest BCUT2D eigenvalue weighted by Gasteiger charge is -2.24. The highest BCUT2D eigenvalue weighted by atomic mass is 32.2. The number of aryl methyl sites for hydroxylation is 1. The van der Waals surface area contributed by atoms with Crippen LogP contribution in [0, 0.1) is 0 Å². The molecule has 3 rings (SSSR count). The third kappa shape index (κ3) is 6.33. The van der Waals surface area contributed by atoms with Crippen molar-refractivity contribution >= 4 is 37.3 Å². The molecule has 1 heterocycles. The van der Waals surface area contributed by atoms with E-state index in [4.69, 9.17) is 0 Å². The van der Waals surface area contributed by atoms with Gasteiger partial charge in [-0.25, -0.2) is 16.8 Å². The second-order valence-electron chi connectivity index (χ2n) is 8.14. The van der Waals surface area contributed by atoms with Gasteiger partial charge in [0.05, 0.1) is 16.8 Å². The minimum Gasteiger partial charge on any atom is -0.325 e. The van der Waals surface area contributed by atoms with Crippen molar-refractivity contribution in [2.75, 3.05) is 35.5 Å². The fourth-order valence-corrected chi connectivity index (χ4v) is 6.31. The van der Waals surface area contributed by atoms with E-state index in [9.17, 15) is 21.6 Å². The van der Waals surface area contributed by atoms with E-state index >= 15 is 0 Å². The van der Waals surface area contributed by atoms with Gasteiger partial charge in [-0.2, -0.15) is 4.31 Å². The smallest absolute Gasteiger partial charge is 0.245 e. The second-order valence-corrected chi connectivity index (χ2v) is 12.0. The van der Waals surface area contributed by atoms with Crippen molar-refractivity contribution in [2.45, 2.75) is 43.9 Å². The van der Waals surface area contributed by atoms with Crippen LogP contribution in [-0.2, 0) is 31.3 Å². The monoisotopic (exact) mass is 493 g/mol. The topological polar surface area (TPSA) is 104 Å². The third-order valence-electron chi connectivity index (χ3n) is 5.67. The molecule has 0 atom stereocenters. The first-order valence-corrected chi connectivity index (χ1v) is 14.4. The maximum Gasteiger partial charge on any atom is 0.245 e. The minimum atomic E-state index is -3.69. The van der Waals surface area contributed by atoms with Crippen LogP contribution in [0.15, 0.2) is 53.4 Å². The fourth-order valence-electron chi connectivity index (χ4n) is 3.91. The lowest BCUT2D eigenvalue weighted by atomic mass is 10.1. The highest BCUT2D eigenvalue weighted by Gasteiger charge is 2.26. The van der Waals surface area contributed by atoms with Crippen LogP contribution in [0.2, 0.25) is 0 Å². The Morgan fingerprint density at radius 2 is 1.55 bits per heavy atom. The predicted octanol–water partition coefficient (Wildman–Crippen LogP) is 3.22. The van der Waals surface area contributed by atoms with Gasteiger partial charge in [0, 0.05) is 18.8 Å². The Kier molecular flexibility index (Phi) is 8.14. The number of benzene rings is 2. The number of hydrogen-bond donors (Lipinski definition) is 1. The van der Waals surface area contributed by atoms with Crippen LogP contribution in [0.25, 0.3) is 0 Å². The molecule has 1 fully saturated rings. The molecule has 0 aliphatic carbocycles. The van der Waals surface area contributed by atoms with Crippen molar-refractivity contribution in [3.05, 3.63) is 54.1 Å². The summed E-state index contributed by atoms with van der Waals surface area (Å²) in [5.74, 6) is -0.519. The average molecular weight is 494 g/mol. The lowest BCUT2D eigenvalue weighted by Crippen LogP contribution is -2.38. The van der Waals surface area contributed by atoms with Gasteiger partial charge in [-0.3, -0.25) is 9.10 Å². The molecule has 180 valence electrons. The normalized spacial score (nSPS) is 15.6. The molecule has 2 aromatic rings. The van der Waals surface area contributed by atoms with Crippen LogP contribution in [-0.4, -0.2) is 52.9 Å². The minimum absolute atomic E-state index is 0.178. The summed E-state index contributed by atoms with van der Waals surface area (Å²) >= 11 is 0. The Morgan fingerprint density at radius 3 is 2.12 bits per heavy atom. The van der Waals surface area contributed by atoms with Gasteiger partial charge in [-0.1, -0.05) is 38.0 Å². The molecule has 1 N–H and O–H groups in total. The molecule has 0 spiro atoms. The summed E-state index contributed by atoms with van der Waals surface area (Å²) in [4.78, 5) is 12.8. The first-order chi connectivity index (χ1) is 15.6. The first kappa shape index (κ1) is 25.2. The van der Waals surface area contributed by atoms with Crippen molar-refractivity contribution in [1.29, 1.82) is 0 Å². The maximum absolute atomic E-state index is 12.9. The summed E-state index contributed by atoms with van der Waals surface area (Å²) in [6, 6.07) is 13.0. The molecule has 0 aromatic heterocycles. The number of para-hydroxylation sites is 1. The molecule has 10 heteroatoms. The molecule has 2 aromatic carbocycles. The third-order valence-corrected chi connectivity index (χ3v) is 8.71. The van der Waals surface area contributed by atoms with E-state index in [1.54, 1.807) is 12.1 Å². The Bertz CT molecular complexity index is 1170. The molecule has 33 heavy (non-hydrogen) atoms. The van der Waals surface area contributed by atoms with Gasteiger partial charge in [0.2, 0.25) is 26.0 Å². The Balaban J connectivity index is 1.73. The number of hydrogen-bond acceptors (Lipinski definition) is 5. The van der Waals surface area contributed by atoms with Crippen molar-refractivity contribution < 1.29 is 21.6 Å². The zero-order valence-electron chi connectivity index (χ0n) is 19.0. The summed E-state index contributed by atoms with van der Waals surface area (Å²) in [6.45, 7) is 2.56. The summed E-state index contributed by atoms with van der Waals surface area (Å²) in [5, 5.41) is 2.67. The Labute approximate surface area is 196 Å². The van der Waals surface area contributed by atoms with Gasteiger partial charge in [-0.15, -0.1) is 0 Å². The number of nitrogens with one attached hydrogen (secondary N) is 1. The van der Waals surface area contributed by atoms with Crippen molar-refractivity contribution in [1.82, 2.24) is 4.31 Å². The molecule has 1 aliphatic rings. The standard InChI is InChI=1S/C23H31N3O5S2/c1-3-19-10-6-7-11-22(19)26(32(2,28)29)18-23(27)24-20-12-14-21(15-13-20)33(30,31)25-16-8-4-5-9-17-25/h6-7,10-15H,3-5,8-9,16-18H2,1-2H3,(H,24,27). The van der Waals surface area contributed by atoms with E-state index in [0.29, 0.717) is 30.9 Å². The van der Waals surface area contributed by atoms with Crippen LogP contribution in [0.4, 0.5) is 11.4 Å². The lowest BCUT2D eigenvalue weighted by molar-refractivity contribution is -0.114. The van der Waals surface area contributed by atoms with Crippen LogP contribution in [0.5, 0.6) is 0 Å². The Hall–Kier alpha value is -2.43. The molecule has 8 nitrogen and oxygen atoms in total. The van der Waals surface area contributed by atoms with Gasteiger partial charge < -0.3 is 5.32 Å². The van der Waals surface area contributed by atoms with Crippen molar-refractivity contribution in [3.63, 3.8) is 0 Å². The number of carbonyl (C=O) groups excluding carboxylic acids is 1. The summed E-state index contributed by atoms with van der Waals surface area (Å²) in [7, 11) is -7.27. The number of carbonyl (C=O) groups is 1. The number of nitrogens with zero attached hydrogens (tertiary/aromatic N) is 2. The van der Waals surface area contributed by atoms with Crippen molar-refractivity contribution in [3.8, 4) is 0 Å². The molecule has 1 aliphatic heterocycles. The molecule has 0 unspecified atom stereocenters. The molecule has 0 radical (unpaired) electrons. The quantitative estimate of drug-likeness (QED) is 0.608. The van der Waals surface area contributed by atoms with Gasteiger partial charge >= 0.3 is 0 Å². The number of amides is 1. The molecular formula is C23H31N3O5S2. The summed E-state index contributed by atoms with van der Waals surface area (Å²) in [5.41, 5.74) is 1.68. The van der Waals surface area contributed by atoms with E-state index in [1.165, 1.54) is 28.6 Å². The molecule has 1 amide bonds. The van der Waals surface area contributed by atoms with E-state index in [1.807, 2.05) is 19.1 Å².